The summed E-state index contributed by atoms with van der Waals surface area (Å²) in [6.07, 6.45) is 4.95. The molecule has 0 unspecified atom stereocenters. The van der Waals surface area contributed by atoms with Crippen molar-refractivity contribution >= 4 is 23.9 Å². The standard InChI is InChI=1S/C21H19N3OS/c25-21(24-23-14-17-10-12-22-13-11-17)20-8-6-19(7-9-20)16-26-15-18-4-2-1-3-5-18/h1-14H,15-16H2,(H,24,25). The van der Waals surface area contributed by atoms with Gasteiger partial charge in [0.05, 0.1) is 6.21 Å². The lowest BCUT2D eigenvalue weighted by Crippen LogP contribution is -2.17. The van der Waals surface area contributed by atoms with Gasteiger partial charge in [-0.05, 0) is 41.0 Å². The Morgan fingerprint density at radius 2 is 1.58 bits per heavy atom. The number of nitrogens with one attached hydrogen (secondary N) is 1. The minimum Gasteiger partial charge on any atom is -0.267 e. The van der Waals surface area contributed by atoms with Gasteiger partial charge in [0.25, 0.3) is 5.91 Å². The molecule has 0 aliphatic carbocycles. The second-order valence-electron chi connectivity index (χ2n) is 5.65. The fourth-order valence-corrected chi connectivity index (χ4v) is 3.25. The molecule has 0 aliphatic heterocycles. The van der Waals surface area contributed by atoms with Gasteiger partial charge in [0.2, 0.25) is 0 Å². The second-order valence-corrected chi connectivity index (χ2v) is 6.64. The molecule has 1 aromatic heterocycles. The van der Waals surface area contributed by atoms with Crippen molar-refractivity contribution in [3.8, 4) is 0 Å². The molecule has 2 aromatic carbocycles. The molecule has 0 radical (unpaired) electrons. The number of carbonyl (C=O) groups is 1. The minimum absolute atomic E-state index is 0.223. The summed E-state index contributed by atoms with van der Waals surface area (Å²) in [5.41, 5.74) is 6.53. The van der Waals surface area contributed by atoms with E-state index < -0.39 is 0 Å². The summed E-state index contributed by atoms with van der Waals surface area (Å²) in [5, 5.41) is 3.97. The molecule has 0 aliphatic rings. The van der Waals surface area contributed by atoms with Gasteiger partial charge < -0.3 is 0 Å². The van der Waals surface area contributed by atoms with Crippen LogP contribution in [0, 0.1) is 0 Å². The van der Waals surface area contributed by atoms with E-state index in [1.54, 1.807) is 18.6 Å². The first kappa shape index (κ1) is 17.9. The number of hydrogen-bond donors (Lipinski definition) is 1. The molecule has 130 valence electrons. The smallest absolute Gasteiger partial charge is 0.267 e. The van der Waals surface area contributed by atoms with Crippen molar-refractivity contribution < 1.29 is 4.79 Å². The highest BCUT2D eigenvalue weighted by atomic mass is 32.2. The van der Waals surface area contributed by atoms with Crippen LogP contribution < -0.4 is 5.43 Å². The van der Waals surface area contributed by atoms with Gasteiger partial charge >= 0.3 is 0 Å². The number of hydrogen-bond acceptors (Lipinski definition) is 4. The maximum atomic E-state index is 12.1. The molecular formula is C21H19N3OS. The van der Waals surface area contributed by atoms with Crippen LogP contribution in [-0.2, 0) is 11.5 Å². The number of benzene rings is 2. The van der Waals surface area contributed by atoms with Crippen molar-refractivity contribution in [3.05, 3.63) is 101 Å². The fourth-order valence-electron chi connectivity index (χ4n) is 2.29. The topological polar surface area (TPSA) is 54.4 Å². The Balaban J connectivity index is 1.47. The van der Waals surface area contributed by atoms with Gasteiger partial charge in [0.1, 0.15) is 0 Å². The lowest BCUT2D eigenvalue weighted by atomic mass is 10.1. The fraction of sp³-hybridized carbons (Fsp3) is 0.0952. The second kappa shape index (κ2) is 9.53. The molecule has 0 atom stereocenters. The number of amides is 1. The summed E-state index contributed by atoms with van der Waals surface area (Å²) in [4.78, 5) is 16.0. The minimum atomic E-state index is -0.223. The number of nitrogens with zero attached hydrogens (tertiary/aromatic N) is 2. The Bertz CT molecular complexity index is 849. The molecule has 3 aromatic rings. The molecule has 4 nitrogen and oxygen atoms in total. The lowest BCUT2D eigenvalue weighted by Gasteiger charge is -2.04. The van der Waals surface area contributed by atoms with E-state index in [-0.39, 0.29) is 5.91 Å². The van der Waals surface area contributed by atoms with E-state index in [1.165, 1.54) is 11.1 Å². The van der Waals surface area contributed by atoms with Crippen molar-refractivity contribution in [2.45, 2.75) is 11.5 Å². The molecule has 0 bridgehead atoms. The molecule has 0 saturated carbocycles. The number of pyridine rings is 1. The van der Waals surface area contributed by atoms with E-state index in [0.29, 0.717) is 5.56 Å². The van der Waals surface area contributed by atoms with Crippen LogP contribution in [0.5, 0.6) is 0 Å². The van der Waals surface area contributed by atoms with Crippen LogP contribution in [0.1, 0.15) is 27.0 Å². The number of carbonyl (C=O) groups excluding carboxylic acids is 1. The summed E-state index contributed by atoms with van der Waals surface area (Å²) < 4.78 is 0. The van der Waals surface area contributed by atoms with Gasteiger partial charge in [-0.1, -0.05) is 42.5 Å². The van der Waals surface area contributed by atoms with Gasteiger partial charge in [0, 0.05) is 29.5 Å². The third kappa shape index (κ3) is 5.57. The number of hydrazone groups is 1. The summed E-state index contributed by atoms with van der Waals surface area (Å²) >= 11 is 1.86. The molecule has 1 heterocycles. The van der Waals surface area contributed by atoms with E-state index in [0.717, 1.165) is 17.1 Å². The molecule has 26 heavy (non-hydrogen) atoms. The average Bonchev–Trinajstić information content (AvgIpc) is 2.70. The zero-order valence-corrected chi connectivity index (χ0v) is 15.0. The van der Waals surface area contributed by atoms with Crippen LogP contribution >= 0.6 is 11.8 Å². The average molecular weight is 361 g/mol. The van der Waals surface area contributed by atoms with Crippen LogP contribution in [0.2, 0.25) is 0 Å². The Morgan fingerprint density at radius 1 is 0.923 bits per heavy atom. The molecule has 1 amide bonds. The van der Waals surface area contributed by atoms with Gasteiger partial charge in [-0.15, -0.1) is 0 Å². The van der Waals surface area contributed by atoms with E-state index in [9.17, 15) is 4.79 Å². The number of rotatable bonds is 7. The quantitative estimate of drug-likeness (QED) is 0.505. The highest BCUT2D eigenvalue weighted by Gasteiger charge is 2.04. The largest absolute Gasteiger partial charge is 0.271 e. The maximum absolute atomic E-state index is 12.1. The van der Waals surface area contributed by atoms with Crippen LogP contribution in [0.4, 0.5) is 0 Å². The Morgan fingerprint density at radius 3 is 2.27 bits per heavy atom. The van der Waals surface area contributed by atoms with Crippen LogP contribution in [-0.4, -0.2) is 17.1 Å². The summed E-state index contributed by atoms with van der Waals surface area (Å²) in [7, 11) is 0. The number of thioether (sulfide) groups is 1. The maximum Gasteiger partial charge on any atom is 0.271 e. The predicted molar refractivity (Wildman–Crippen MR) is 107 cm³/mol. The van der Waals surface area contributed by atoms with E-state index in [1.807, 2.05) is 54.2 Å². The van der Waals surface area contributed by atoms with E-state index in [4.69, 9.17) is 0 Å². The van der Waals surface area contributed by atoms with E-state index >= 15 is 0 Å². The zero-order chi connectivity index (χ0) is 18.0. The SMILES string of the molecule is O=C(NN=Cc1ccncc1)c1ccc(CSCc2ccccc2)cc1. The summed E-state index contributed by atoms with van der Waals surface area (Å²) in [6.45, 7) is 0. The van der Waals surface area contributed by atoms with Crippen LogP contribution in [0.15, 0.2) is 84.2 Å². The normalized spacial score (nSPS) is 10.8. The van der Waals surface area contributed by atoms with Crippen molar-refractivity contribution in [2.75, 3.05) is 0 Å². The van der Waals surface area contributed by atoms with Crippen molar-refractivity contribution in [1.29, 1.82) is 0 Å². The van der Waals surface area contributed by atoms with E-state index in [2.05, 4.69) is 39.8 Å². The van der Waals surface area contributed by atoms with Crippen LogP contribution in [0.25, 0.3) is 0 Å². The molecule has 3 rings (SSSR count). The molecule has 0 spiro atoms. The Labute approximate surface area is 157 Å². The molecular weight excluding hydrogens is 342 g/mol. The van der Waals surface area contributed by atoms with Gasteiger partial charge in [0.15, 0.2) is 0 Å². The molecule has 1 N–H and O–H groups in total. The highest BCUT2D eigenvalue weighted by Crippen LogP contribution is 2.18. The monoisotopic (exact) mass is 361 g/mol. The van der Waals surface area contributed by atoms with Crippen LogP contribution in [0.3, 0.4) is 0 Å². The van der Waals surface area contributed by atoms with Gasteiger partial charge in [-0.2, -0.15) is 16.9 Å². The highest BCUT2D eigenvalue weighted by molar-refractivity contribution is 7.97. The zero-order valence-electron chi connectivity index (χ0n) is 14.2. The molecule has 0 saturated heterocycles. The van der Waals surface area contributed by atoms with Crippen molar-refractivity contribution in [2.24, 2.45) is 5.10 Å². The van der Waals surface area contributed by atoms with Gasteiger partial charge in [-0.25, -0.2) is 5.43 Å². The first-order valence-electron chi connectivity index (χ1n) is 8.25. The Hall–Kier alpha value is -2.92. The number of aromatic nitrogens is 1. The molecule has 0 fully saturated rings. The lowest BCUT2D eigenvalue weighted by molar-refractivity contribution is 0.0955. The van der Waals surface area contributed by atoms with Crippen molar-refractivity contribution in [1.82, 2.24) is 10.4 Å². The van der Waals surface area contributed by atoms with Gasteiger partial charge in [-0.3, -0.25) is 9.78 Å². The predicted octanol–water partition coefficient (Wildman–Crippen LogP) is 4.28. The van der Waals surface area contributed by atoms with Crippen molar-refractivity contribution in [3.63, 3.8) is 0 Å². The Kier molecular flexibility index (Phi) is 6.56. The summed E-state index contributed by atoms with van der Waals surface area (Å²) in [6, 6.07) is 21.7. The molecule has 5 heteroatoms. The summed E-state index contributed by atoms with van der Waals surface area (Å²) in [5.74, 6) is 1.67. The first-order chi connectivity index (χ1) is 12.8. The first-order valence-corrected chi connectivity index (χ1v) is 9.41. The third-order valence-electron chi connectivity index (χ3n) is 3.68. The third-order valence-corrected chi connectivity index (χ3v) is 4.76.